The van der Waals surface area contributed by atoms with Crippen molar-refractivity contribution in [2.45, 2.75) is 39.5 Å². The highest BCUT2D eigenvalue weighted by Gasteiger charge is 2.47. The normalized spacial score (nSPS) is 41.1. The van der Waals surface area contributed by atoms with Crippen LogP contribution in [-0.4, -0.2) is 12.5 Å². The first-order valence-corrected chi connectivity index (χ1v) is 5.42. The van der Waals surface area contributed by atoms with Crippen molar-refractivity contribution in [3.63, 3.8) is 0 Å². The molecule has 13 heavy (non-hydrogen) atoms. The lowest BCUT2D eigenvalue weighted by atomic mass is 9.70. The summed E-state index contributed by atoms with van der Waals surface area (Å²) in [6, 6.07) is 0. The van der Waals surface area contributed by atoms with Crippen LogP contribution in [0.5, 0.6) is 0 Å². The molecule has 0 spiro atoms. The van der Waals surface area contributed by atoms with Crippen molar-refractivity contribution in [1.29, 1.82) is 0 Å². The van der Waals surface area contributed by atoms with Gasteiger partial charge in [0.25, 0.3) is 0 Å². The maximum Gasteiger partial charge on any atom is 0.223 e. The number of amides is 1. The van der Waals surface area contributed by atoms with Gasteiger partial charge in [-0.2, -0.15) is 0 Å². The molecule has 2 heteroatoms. The molecule has 2 atom stereocenters. The van der Waals surface area contributed by atoms with Crippen LogP contribution in [0.25, 0.3) is 0 Å². The molecule has 1 saturated heterocycles. The van der Waals surface area contributed by atoms with Crippen molar-refractivity contribution in [2.75, 3.05) is 6.54 Å². The predicted molar refractivity (Wildman–Crippen MR) is 52.2 cm³/mol. The lowest BCUT2D eigenvalue weighted by Crippen LogP contribution is -2.33. The molecular formula is C11H19NO. The molecule has 1 N–H and O–H groups in total. The molecule has 2 unspecified atom stereocenters. The summed E-state index contributed by atoms with van der Waals surface area (Å²) in [6.45, 7) is 5.27. The quantitative estimate of drug-likeness (QED) is 0.658. The number of carbonyl (C=O) groups is 1. The van der Waals surface area contributed by atoms with Crippen LogP contribution in [0.3, 0.4) is 0 Å². The second kappa shape index (κ2) is 3.00. The molecule has 0 aromatic heterocycles. The van der Waals surface area contributed by atoms with Crippen molar-refractivity contribution in [2.24, 2.45) is 17.3 Å². The van der Waals surface area contributed by atoms with Gasteiger partial charge in [-0.05, 0) is 24.2 Å². The van der Waals surface area contributed by atoms with Crippen LogP contribution in [0, 0.1) is 17.3 Å². The Bertz CT molecular complexity index is 220. The summed E-state index contributed by atoms with van der Waals surface area (Å²) >= 11 is 0. The summed E-state index contributed by atoms with van der Waals surface area (Å²) in [7, 11) is 0. The third-order valence-electron chi connectivity index (χ3n) is 4.31. The van der Waals surface area contributed by atoms with E-state index in [0.29, 0.717) is 0 Å². The topological polar surface area (TPSA) is 29.1 Å². The summed E-state index contributed by atoms with van der Waals surface area (Å²) in [4.78, 5) is 11.4. The molecule has 1 aliphatic carbocycles. The average molecular weight is 181 g/mol. The van der Waals surface area contributed by atoms with Gasteiger partial charge in [0.15, 0.2) is 0 Å². The van der Waals surface area contributed by atoms with Crippen molar-refractivity contribution >= 4 is 5.91 Å². The first kappa shape index (κ1) is 9.04. The van der Waals surface area contributed by atoms with E-state index in [4.69, 9.17) is 0 Å². The summed E-state index contributed by atoms with van der Waals surface area (Å²) in [5.74, 6) is 1.26. The molecule has 2 fully saturated rings. The number of rotatable bonds is 1. The highest BCUT2D eigenvalue weighted by Crippen LogP contribution is 2.46. The maximum atomic E-state index is 11.4. The Morgan fingerprint density at radius 2 is 2.00 bits per heavy atom. The Morgan fingerprint density at radius 1 is 1.38 bits per heavy atom. The summed E-state index contributed by atoms with van der Waals surface area (Å²) in [5, 5.41) is 3.00. The number of hydrogen-bond donors (Lipinski definition) is 1. The van der Waals surface area contributed by atoms with E-state index >= 15 is 0 Å². The van der Waals surface area contributed by atoms with E-state index < -0.39 is 0 Å². The van der Waals surface area contributed by atoms with E-state index in [1.807, 2.05) is 0 Å². The van der Waals surface area contributed by atoms with E-state index in [9.17, 15) is 4.79 Å². The Hall–Kier alpha value is -0.530. The molecule has 1 aliphatic heterocycles. The van der Waals surface area contributed by atoms with Crippen LogP contribution in [-0.2, 0) is 4.79 Å². The Kier molecular flexibility index (Phi) is 2.09. The van der Waals surface area contributed by atoms with Crippen LogP contribution in [0.2, 0.25) is 0 Å². The van der Waals surface area contributed by atoms with E-state index in [2.05, 4.69) is 19.2 Å². The van der Waals surface area contributed by atoms with Crippen LogP contribution < -0.4 is 5.32 Å². The molecule has 0 aromatic rings. The Labute approximate surface area is 80.1 Å². The highest BCUT2D eigenvalue weighted by molar-refractivity contribution is 5.81. The zero-order valence-electron chi connectivity index (χ0n) is 8.60. The molecule has 0 aromatic carbocycles. The summed E-state index contributed by atoms with van der Waals surface area (Å²) < 4.78 is 0. The predicted octanol–water partition coefficient (Wildman–Crippen LogP) is 1.95. The van der Waals surface area contributed by atoms with E-state index in [-0.39, 0.29) is 17.2 Å². The van der Waals surface area contributed by atoms with Crippen molar-refractivity contribution in [3.8, 4) is 0 Å². The lowest BCUT2D eigenvalue weighted by Gasteiger charge is -2.33. The molecule has 2 rings (SSSR count). The number of carbonyl (C=O) groups excluding carboxylic acids is 1. The van der Waals surface area contributed by atoms with Crippen LogP contribution >= 0.6 is 0 Å². The Balaban J connectivity index is 2.14. The van der Waals surface area contributed by atoms with Crippen molar-refractivity contribution in [3.05, 3.63) is 0 Å². The van der Waals surface area contributed by atoms with Gasteiger partial charge in [-0.25, -0.2) is 0 Å². The zero-order valence-corrected chi connectivity index (χ0v) is 8.60. The molecule has 1 amide bonds. The molecule has 74 valence electrons. The monoisotopic (exact) mass is 181 g/mol. The summed E-state index contributed by atoms with van der Waals surface area (Å²) in [6.07, 6.45) is 5.38. The fourth-order valence-corrected chi connectivity index (χ4v) is 2.97. The van der Waals surface area contributed by atoms with Crippen LogP contribution in [0.15, 0.2) is 0 Å². The van der Waals surface area contributed by atoms with Crippen LogP contribution in [0.4, 0.5) is 0 Å². The number of hydrogen-bond acceptors (Lipinski definition) is 1. The van der Waals surface area contributed by atoms with Gasteiger partial charge >= 0.3 is 0 Å². The molecule has 0 radical (unpaired) electrons. The first-order valence-electron chi connectivity index (χ1n) is 5.42. The second-order valence-electron chi connectivity index (χ2n) is 4.93. The van der Waals surface area contributed by atoms with Gasteiger partial charge in [0.2, 0.25) is 5.91 Å². The van der Waals surface area contributed by atoms with Crippen LogP contribution in [0.1, 0.15) is 39.5 Å². The van der Waals surface area contributed by atoms with E-state index in [1.54, 1.807) is 0 Å². The largest absolute Gasteiger partial charge is 0.355 e. The number of nitrogens with one attached hydrogen (secondary N) is 1. The molecule has 0 bridgehead atoms. The van der Waals surface area contributed by atoms with E-state index in [0.717, 1.165) is 12.5 Å². The fourth-order valence-electron chi connectivity index (χ4n) is 2.97. The van der Waals surface area contributed by atoms with Gasteiger partial charge in [-0.15, -0.1) is 0 Å². The zero-order chi connectivity index (χ0) is 9.47. The van der Waals surface area contributed by atoms with E-state index in [1.165, 1.54) is 25.7 Å². The minimum Gasteiger partial charge on any atom is -0.355 e. The standard InChI is InChI=1S/C11H19NO/c1-8-10(13)12-7-11(8,2)9-5-3-4-6-9/h8-9H,3-7H2,1-2H3,(H,12,13). The van der Waals surface area contributed by atoms with Crippen molar-refractivity contribution in [1.82, 2.24) is 5.32 Å². The molecule has 2 aliphatic rings. The van der Waals surface area contributed by atoms with Gasteiger partial charge in [-0.1, -0.05) is 26.7 Å². The van der Waals surface area contributed by atoms with Crippen molar-refractivity contribution < 1.29 is 4.79 Å². The minimum absolute atomic E-state index is 0.218. The van der Waals surface area contributed by atoms with Gasteiger partial charge in [0.1, 0.15) is 0 Å². The third kappa shape index (κ3) is 1.27. The average Bonchev–Trinajstić information content (AvgIpc) is 2.71. The highest BCUT2D eigenvalue weighted by atomic mass is 16.2. The molecule has 2 nitrogen and oxygen atoms in total. The smallest absolute Gasteiger partial charge is 0.223 e. The minimum atomic E-state index is 0.218. The molecule has 1 saturated carbocycles. The first-order chi connectivity index (χ1) is 6.14. The fraction of sp³-hybridized carbons (Fsp3) is 0.909. The Morgan fingerprint density at radius 3 is 2.46 bits per heavy atom. The SMILES string of the molecule is CC1C(=O)NCC1(C)C1CCCC1. The molecular weight excluding hydrogens is 162 g/mol. The molecule has 1 heterocycles. The van der Waals surface area contributed by atoms with Gasteiger partial charge in [-0.3, -0.25) is 4.79 Å². The van der Waals surface area contributed by atoms with Gasteiger partial charge < -0.3 is 5.32 Å². The van der Waals surface area contributed by atoms with Gasteiger partial charge in [0.05, 0.1) is 0 Å². The second-order valence-corrected chi connectivity index (χ2v) is 4.93. The third-order valence-corrected chi connectivity index (χ3v) is 4.31. The lowest BCUT2D eigenvalue weighted by molar-refractivity contribution is -0.123. The maximum absolute atomic E-state index is 11.4. The summed E-state index contributed by atoms with van der Waals surface area (Å²) in [5.41, 5.74) is 0.244. The van der Waals surface area contributed by atoms with Gasteiger partial charge in [0, 0.05) is 12.5 Å².